The summed E-state index contributed by atoms with van der Waals surface area (Å²) in [6, 6.07) is 8.15. The van der Waals surface area contributed by atoms with Crippen molar-refractivity contribution in [2.45, 2.75) is 26.3 Å². The molecule has 2 aromatic heterocycles. The largest absolute Gasteiger partial charge is 0.354 e. The second-order valence-corrected chi connectivity index (χ2v) is 7.20. The Labute approximate surface area is 164 Å². The fourth-order valence-corrected chi connectivity index (χ4v) is 3.47. The molecule has 0 spiro atoms. The fourth-order valence-electron chi connectivity index (χ4n) is 3.47. The second-order valence-electron chi connectivity index (χ2n) is 7.20. The van der Waals surface area contributed by atoms with Crippen LogP contribution in [0.2, 0.25) is 0 Å². The highest BCUT2D eigenvalue weighted by atomic mass is 16.2. The topological polar surface area (TPSA) is 67.2 Å². The van der Waals surface area contributed by atoms with Gasteiger partial charge in [0.25, 0.3) is 5.91 Å². The summed E-state index contributed by atoms with van der Waals surface area (Å²) in [6.45, 7) is 4.31. The van der Waals surface area contributed by atoms with Gasteiger partial charge < -0.3 is 9.80 Å². The van der Waals surface area contributed by atoms with Gasteiger partial charge in [0.05, 0.1) is 24.3 Å². The van der Waals surface area contributed by atoms with E-state index in [1.165, 1.54) is 5.56 Å². The van der Waals surface area contributed by atoms with Crippen molar-refractivity contribution < 1.29 is 4.79 Å². The number of anilines is 1. The lowest BCUT2D eigenvalue weighted by molar-refractivity contribution is 0.0786. The molecule has 0 radical (unpaired) electrons. The number of nitrogens with zero attached hydrogens (tertiary/aromatic N) is 6. The molecule has 1 amide bonds. The van der Waals surface area contributed by atoms with Crippen molar-refractivity contribution in [2.24, 2.45) is 0 Å². The first-order valence-corrected chi connectivity index (χ1v) is 9.54. The van der Waals surface area contributed by atoms with E-state index in [2.05, 4.69) is 34.1 Å². The molecule has 0 aliphatic carbocycles. The van der Waals surface area contributed by atoms with Crippen LogP contribution in [0, 0.1) is 6.92 Å². The molecule has 1 aliphatic rings. The van der Waals surface area contributed by atoms with Crippen molar-refractivity contribution in [3.8, 4) is 5.69 Å². The Morgan fingerprint density at radius 1 is 1.14 bits per heavy atom. The summed E-state index contributed by atoms with van der Waals surface area (Å²) in [7, 11) is 1.94. The van der Waals surface area contributed by atoms with E-state index in [1.807, 2.05) is 46.1 Å². The molecule has 3 heterocycles. The van der Waals surface area contributed by atoms with E-state index in [1.54, 1.807) is 12.4 Å². The average molecular weight is 376 g/mol. The molecule has 0 unspecified atom stereocenters. The third kappa shape index (κ3) is 3.74. The van der Waals surface area contributed by atoms with Crippen molar-refractivity contribution in [2.75, 3.05) is 25.0 Å². The average Bonchev–Trinajstić information content (AvgIpc) is 3.40. The van der Waals surface area contributed by atoms with Crippen LogP contribution in [-0.2, 0) is 6.54 Å². The van der Waals surface area contributed by atoms with Crippen LogP contribution in [-0.4, -0.2) is 50.7 Å². The number of likely N-dealkylation sites (tertiary alicyclic amines) is 1. The van der Waals surface area contributed by atoms with Gasteiger partial charge in [0, 0.05) is 38.4 Å². The highest BCUT2D eigenvalue weighted by molar-refractivity contribution is 5.92. The normalized spacial score (nSPS) is 13.7. The Morgan fingerprint density at radius 3 is 2.71 bits per heavy atom. The van der Waals surface area contributed by atoms with Gasteiger partial charge in [0.1, 0.15) is 11.5 Å². The molecule has 0 saturated carbocycles. The van der Waals surface area contributed by atoms with Gasteiger partial charge in [0.15, 0.2) is 0 Å². The number of rotatable bonds is 5. The van der Waals surface area contributed by atoms with Crippen molar-refractivity contribution in [3.05, 3.63) is 65.9 Å². The number of carbonyl (C=O) groups excluding carboxylic acids is 1. The van der Waals surface area contributed by atoms with E-state index < -0.39 is 0 Å². The summed E-state index contributed by atoms with van der Waals surface area (Å²) < 4.78 is 1.89. The van der Waals surface area contributed by atoms with Crippen LogP contribution in [0.1, 0.15) is 34.5 Å². The Morgan fingerprint density at radius 2 is 1.93 bits per heavy atom. The molecule has 0 bridgehead atoms. The quantitative estimate of drug-likeness (QED) is 0.685. The summed E-state index contributed by atoms with van der Waals surface area (Å²) in [6.07, 6.45) is 9.23. The predicted octanol–water partition coefficient (Wildman–Crippen LogP) is 2.84. The first kappa shape index (κ1) is 18.2. The molecule has 1 aromatic carbocycles. The van der Waals surface area contributed by atoms with Crippen LogP contribution in [0.4, 0.5) is 5.82 Å². The zero-order valence-corrected chi connectivity index (χ0v) is 16.2. The first-order chi connectivity index (χ1) is 13.6. The van der Waals surface area contributed by atoms with Crippen molar-refractivity contribution in [3.63, 3.8) is 0 Å². The van der Waals surface area contributed by atoms with Gasteiger partial charge in [-0.1, -0.05) is 18.2 Å². The summed E-state index contributed by atoms with van der Waals surface area (Å²) in [5.41, 5.74) is 3.70. The third-order valence-corrected chi connectivity index (χ3v) is 5.04. The second kappa shape index (κ2) is 7.80. The van der Waals surface area contributed by atoms with Crippen molar-refractivity contribution in [1.82, 2.24) is 24.6 Å². The van der Waals surface area contributed by atoms with Crippen LogP contribution in [0.3, 0.4) is 0 Å². The number of hydrogen-bond acceptors (Lipinski definition) is 5. The minimum atomic E-state index is -0.0346. The number of aryl methyl sites for hydroxylation is 1. The van der Waals surface area contributed by atoms with E-state index in [-0.39, 0.29) is 5.91 Å². The summed E-state index contributed by atoms with van der Waals surface area (Å²) in [4.78, 5) is 25.2. The highest BCUT2D eigenvalue weighted by Gasteiger charge is 2.21. The molecule has 0 N–H and O–H groups in total. The van der Waals surface area contributed by atoms with Crippen molar-refractivity contribution >= 4 is 11.7 Å². The number of carbonyl (C=O) groups is 1. The van der Waals surface area contributed by atoms with Crippen LogP contribution < -0.4 is 4.90 Å². The lowest BCUT2D eigenvalue weighted by Gasteiger charge is -2.19. The maximum absolute atomic E-state index is 12.6. The molecule has 3 aromatic rings. The molecule has 4 rings (SSSR count). The van der Waals surface area contributed by atoms with E-state index in [0.717, 1.165) is 37.2 Å². The van der Waals surface area contributed by atoms with E-state index in [0.29, 0.717) is 18.1 Å². The molecule has 1 fully saturated rings. The molecule has 144 valence electrons. The molecule has 28 heavy (non-hydrogen) atoms. The summed E-state index contributed by atoms with van der Waals surface area (Å²) >= 11 is 0. The summed E-state index contributed by atoms with van der Waals surface area (Å²) in [5.74, 6) is 0.640. The molecule has 7 nitrogen and oxygen atoms in total. The number of aromatic nitrogens is 4. The van der Waals surface area contributed by atoms with Gasteiger partial charge in [-0.3, -0.25) is 9.78 Å². The van der Waals surface area contributed by atoms with Crippen LogP contribution in [0.5, 0.6) is 0 Å². The molecule has 1 aliphatic heterocycles. The van der Waals surface area contributed by atoms with Gasteiger partial charge in [-0.15, -0.1) is 0 Å². The third-order valence-electron chi connectivity index (χ3n) is 5.04. The van der Waals surface area contributed by atoms with Gasteiger partial charge >= 0.3 is 0 Å². The molecule has 7 heteroatoms. The van der Waals surface area contributed by atoms with Gasteiger partial charge in [-0.05, 0) is 31.4 Å². The van der Waals surface area contributed by atoms with Gasteiger partial charge in [-0.25, -0.2) is 9.67 Å². The molecular weight excluding hydrogens is 352 g/mol. The maximum Gasteiger partial charge on any atom is 0.274 e. The zero-order chi connectivity index (χ0) is 19.5. The number of benzene rings is 1. The highest BCUT2D eigenvalue weighted by Crippen LogP contribution is 2.17. The number of hydrogen-bond donors (Lipinski definition) is 0. The standard InChI is InChI=1S/C21H24N6O/c1-16-7-3-4-8-19(16)27-15-17(11-23-27)14-25(2)20-13-22-12-18(24-20)21(28)26-9-5-6-10-26/h3-4,7-8,11-13,15H,5-6,9-10,14H2,1-2H3. The monoisotopic (exact) mass is 376 g/mol. The number of amides is 1. The van der Waals surface area contributed by atoms with Gasteiger partial charge in [-0.2, -0.15) is 5.10 Å². The van der Waals surface area contributed by atoms with Gasteiger partial charge in [0.2, 0.25) is 0 Å². The van der Waals surface area contributed by atoms with E-state index in [9.17, 15) is 4.79 Å². The molecule has 1 saturated heterocycles. The Kier molecular flexibility index (Phi) is 5.06. The first-order valence-electron chi connectivity index (χ1n) is 9.54. The number of para-hydroxylation sites is 1. The minimum absolute atomic E-state index is 0.0346. The predicted molar refractivity (Wildman–Crippen MR) is 108 cm³/mol. The maximum atomic E-state index is 12.6. The smallest absolute Gasteiger partial charge is 0.274 e. The SMILES string of the molecule is Cc1ccccc1-n1cc(CN(C)c2cncc(C(=O)N3CCCC3)n2)cn1. The Hall–Kier alpha value is -3.22. The van der Waals surface area contributed by atoms with E-state index >= 15 is 0 Å². The van der Waals surface area contributed by atoms with Crippen LogP contribution >= 0.6 is 0 Å². The fraction of sp³-hybridized carbons (Fsp3) is 0.333. The minimum Gasteiger partial charge on any atom is -0.354 e. The zero-order valence-electron chi connectivity index (χ0n) is 16.2. The Bertz CT molecular complexity index is 976. The van der Waals surface area contributed by atoms with Crippen molar-refractivity contribution in [1.29, 1.82) is 0 Å². The van der Waals surface area contributed by atoms with Crippen LogP contribution in [0.25, 0.3) is 5.69 Å². The Balaban J connectivity index is 1.48. The molecular formula is C21H24N6O. The van der Waals surface area contributed by atoms with E-state index in [4.69, 9.17) is 0 Å². The van der Waals surface area contributed by atoms with Crippen LogP contribution in [0.15, 0.2) is 49.1 Å². The summed E-state index contributed by atoms with van der Waals surface area (Å²) in [5, 5.41) is 4.49. The molecule has 0 atom stereocenters. The lowest BCUT2D eigenvalue weighted by atomic mass is 10.2. The lowest BCUT2D eigenvalue weighted by Crippen LogP contribution is -2.29.